The number of hydrogen-bond donors (Lipinski definition) is 3. The summed E-state index contributed by atoms with van der Waals surface area (Å²) >= 11 is 0. The van der Waals surface area contributed by atoms with E-state index in [2.05, 4.69) is 20.3 Å². The third-order valence-corrected chi connectivity index (χ3v) is 3.62. The zero-order valence-corrected chi connectivity index (χ0v) is 12.4. The predicted molar refractivity (Wildman–Crippen MR) is 88.8 cm³/mol. The van der Waals surface area contributed by atoms with Crippen molar-refractivity contribution in [2.45, 2.75) is 0 Å². The van der Waals surface area contributed by atoms with Gasteiger partial charge in [0, 0.05) is 16.8 Å². The van der Waals surface area contributed by atoms with Crippen LogP contribution in [0.1, 0.15) is 10.4 Å². The fraction of sp³-hybridized carbons (Fsp3) is 0. The first-order valence-corrected chi connectivity index (χ1v) is 7.21. The molecule has 2 aromatic heterocycles. The summed E-state index contributed by atoms with van der Waals surface area (Å²) < 4.78 is 5.25. The molecule has 0 radical (unpaired) electrons. The maximum Gasteiger partial charge on any atom is 0.323 e. The summed E-state index contributed by atoms with van der Waals surface area (Å²) in [5.41, 5.74) is 2.84. The molecular weight excluding hydrogens is 308 g/mol. The van der Waals surface area contributed by atoms with Crippen molar-refractivity contribution in [3.63, 3.8) is 0 Å². The maximum absolute atomic E-state index is 12.4. The number of imidazole rings is 1. The molecule has 0 saturated carbocycles. The highest BCUT2D eigenvalue weighted by atomic mass is 16.3. The molecule has 24 heavy (non-hydrogen) atoms. The van der Waals surface area contributed by atoms with Crippen LogP contribution >= 0.6 is 0 Å². The maximum atomic E-state index is 12.4. The Morgan fingerprint density at radius 1 is 1.08 bits per heavy atom. The van der Waals surface area contributed by atoms with Crippen molar-refractivity contribution < 1.29 is 9.21 Å². The molecule has 0 saturated heterocycles. The number of aromatic nitrogens is 3. The Morgan fingerprint density at radius 3 is 2.79 bits per heavy atom. The minimum absolute atomic E-state index is 0.270. The van der Waals surface area contributed by atoms with Gasteiger partial charge in [-0.2, -0.15) is 0 Å². The Bertz CT molecular complexity index is 1080. The molecule has 0 unspecified atom stereocenters. The molecule has 7 heteroatoms. The number of carbonyl (C=O) groups is 1. The van der Waals surface area contributed by atoms with Gasteiger partial charge in [0.2, 0.25) is 0 Å². The van der Waals surface area contributed by atoms with Gasteiger partial charge in [0.15, 0.2) is 12.2 Å². The second-order valence-corrected chi connectivity index (χ2v) is 5.24. The molecule has 7 nitrogen and oxygen atoms in total. The molecular formula is C17H12N4O3. The number of oxazole rings is 1. The summed E-state index contributed by atoms with van der Waals surface area (Å²) in [6, 6.07) is 12.2. The Kier molecular flexibility index (Phi) is 3.24. The zero-order chi connectivity index (χ0) is 16.5. The molecule has 4 aromatic rings. The SMILES string of the molecule is O=C(Nc1cccc(-c2cnco2)c1)c1ccc2[nH]c(=O)[nH]c2c1. The summed E-state index contributed by atoms with van der Waals surface area (Å²) in [5.74, 6) is 0.353. The average molecular weight is 320 g/mol. The topological polar surface area (TPSA) is 104 Å². The van der Waals surface area contributed by atoms with Crippen LogP contribution in [0.2, 0.25) is 0 Å². The fourth-order valence-corrected chi connectivity index (χ4v) is 2.49. The van der Waals surface area contributed by atoms with E-state index in [1.54, 1.807) is 36.5 Å². The molecule has 0 aliphatic rings. The molecule has 118 valence electrons. The van der Waals surface area contributed by atoms with Crippen LogP contribution in [0.15, 0.2) is 64.3 Å². The lowest BCUT2D eigenvalue weighted by atomic mass is 10.1. The van der Waals surface area contributed by atoms with E-state index >= 15 is 0 Å². The molecule has 4 rings (SSSR count). The van der Waals surface area contributed by atoms with Gasteiger partial charge >= 0.3 is 5.69 Å². The largest absolute Gasteiger partial charge is 0.444 e. The van der Waals surface area contributed by atoms with E-state index in [1.165, 1.54) is 6.39 Å². The minimum atomic E-state index is -0.303. The number of fused-ring (bicyclic) bond motifs is 1. The Balaban J connectivity index is 1.61. The highest BCUT2D eigenvalue weighted by molar-refractivity contribution is 6.06. The number of rotatable bonds is 3. The minimum Gasteiger partial charge on any atom is -0.444 e. The van der Waals surface area contributed by atoms with Crippen LogP contribution in [-0.4, -0.2) is 20.9 Å². The van der Waals surface area contributed by atoms with Crippen LogP contribution < -0.4 is 11.0 Å². The van der Waals surface area contributed by atoms with Crippen molar-refractivity contribution in [3.05, 3.63) is 71.1 Å². The summed E-state index contributed by atoms with van der Waals surface area (Å²) in [6.07, 6.45) is 2.96. The van der Waals surface area contributed by atoms with Crippen LogP contribution in [0.25, 0.3) is 22.4 Å². The van der Waals surface area contributed by atoms with Gasteiger partial charge in [0.05, 0.1) is 17.2 Å². The van der Waals surface area contributed by atoms with Gasteiger partial charge in [-0.05, 0) is 30.3 Å². The van der Waals surface area contributed by atoms with E-state index in [1.807, 2.05) is 12.1 Å². The van der Waals surface area contributed by atoms with E-state index < -0.39 is 0 Å². The standard InChI is InChI=1S/C17H12N4O3/c22-16(11-4-5-13-14(7-11)21-17(23)20-13)19-12-3-1-2-10(6-12)15-8-18-9-24-15/h1-9H,(H,19,22)(H2,20,21,23). The highest BCUT2D eigenvalue weighted by Crippen LogP contribution is 2.22. The summed E-state index contributed by atoms with van der Waals surface area (Å²) in [7, 11) is 0. The van der Waals surface area contributed by atoms with Crippen molar-refractivity contribution >= 4 is 22.6 Å². The second kappa shape index (κ2) is 5.54. The van der Waals surface area contributed by atoms with Crippen molar-refractivity contribution in [2.24, 2.45) is 0 Å². The van der Waals surface area contributed by atoms with Crippen molar-refractivity contribution in [2.75, 3.05) is 5.32 Å². The van der Waals surface area contributed by atoms with E-state index in [0.717, 1.165) is 5.56 Å². The van der Waals surface area contributed by atoms with E-state index in [0.29, 0.717) is 28.0 Å². The first-order valence-electron chi connectivity index (χ1n) is 7.21. The van der Waals surface area contributed by atoms with Gasteiger partial charge in [-0.25, -0.2) is 9.78 Å². The second-order valence-electron chi connectivity index (χ2n) is 5.24. The van der Waals surface area contributed by atoms with Crippen LogP contribution in [0, 0.1) is 0 Å². The van der Waals surface area contributed by atoms with Gasteiger partial charge < -0.3 is 19.7 Å². The Labute approximate surface area is 135 Å². The van der Waals surface area contributed by atoms with Gasteiger partial charge in [0.25, 0.3) is 5.91 Å². The van der Waals surface area contributed by atoms with E-state index in [4.69, 9.17) is 4.42 Å². The first-order chi connectivity index (χ1) is 11.7. The number of nitrogens with one attached hydrogen (secondary N) is 3. The number of carbonyl (C=O) groups excluding carboxylic acids is 1. The van der Waals surface area contributed by atoms with Crippen molar-refractivity contribution in [1.82, 2.24) is 15.0 Å². The van der Waals surface area contributed by atoms with Gasteiger partial charge in [-0.15, -0.1) is 0 Å². The van der Waals surface area contributed by atoms with Gasteiger partial charge in [0.1, 0.15) is 0 Å². The third-order valence-electron chi connectivity index (χ3n) is 3.62. The lowest BCUT2D eigenvalue weighted by Crippen LogP contribution is -2.11. The summed E-state index contributed by atoms with van der Waals surface area (Å²) in [6.45, 7) is 0. The van der Waals surface area contributed by atoms with Crippen molar-refractivity contribution in [3.8, 4) is 11.3 Å². The van der Waals surface area contributed by atoms with Gasteiger partial charge in [-0.1, -0.05) is 12.1 Å². The average Bonchev–Trinajstić information content (AvgIpc) is 3.22. The molecule has 0 atom stereocenters. The summed E-state index contributed by atoms with van der Waals surface area (Å²) in [5, 5.41) is 2.83. The van der Waals surface area contributed by atoms with Crippen LogP contribution in [-0.2, 0) is 0 Å². The van der Waals surface area contributed by atoms with Crippen LogP contribution in [0.3, 0.4) is 0 Å². The van der Waals surface area contributed by atoms with E-state index in [-0.39, 0.29) is 11.6 Å². The normalized spacial score (nSPS) is 10.8. The molecule has 0 aliphatic carbocycles. The number of aromatic amines is 2. The highest BCUT2D eigenvalue weighted by Gasteiger charge is 2.09. The third kappa shape index (κ3) is 2.58. The first kappa shape index (κ1) is 14.0. The molecule has 0 aliphatic heterocycles. The molecule has 0 bridgehead atoms. The predicted octanol–water partition coefficient (Wildman–Crippen LogP) is 2.76. The smallest absolute Gasteiger partial charge is 0.323 e. The molecule has 0 fully saturated rings. The molecule has 2 aromatic carbocycles. The summed E-state index contributed by atoms with van der Waals surface area (Å²) in [4.78, 5) is 32.9. The lowest BCUT2D eigenvalue weighted by molar-refractivity contribution is 0.102. The van der Waals surface area contributed by atoms with Crippen LogP contribution in [0.4, 0.5) is 5.69 Å². The Hall–Kier alpha value is -3.61. The molecule has 1 amide bonds. The Morgan fingerprint density at radius 2 is 1.96 bits per heavy atom. The van der Waals surface area contributed by atoms with E-state index in [9.17, 15) is 9.59 Å². The fourth-order valence-electron chi connectivity index (χ4n) is 2.49. The molecule has 2 heterocycles. The molecule has 0 spiro atoms. The number of amides is 1. The monoisotopic (exact) mass is 320 g/mol. The quantitative estimate of drug-likeness (QED) is 0.540. The number of anilines is 1. The number of H-pyrrole nitrogens is 2. The number of nitrogens with zero attached hydrogens (tertiary/aromatic N) is 1. The zero-order valence-electron chi connectivity index (χ0n) is 12.4. The van der Waals surface area contributed by atoms with Crippen LogP contribution in [0.5, 0.6) is 0 Å². The van der Waals surface area contributed by atoms with Crippen molar-refractivity contribution in [1.29, 1.82) is 0 Å². The molecule has 3 N–H and O–H groups in total. The lowest BCUT2D eigenvalue weighted by Gasteiger charge is -2.06. The van der Waals surface area contributed by atoms with Gasteiger partial charge in [-0.3, -0.25) is 4.79 Å². The number of benzene rings is 2. The number of hydrogen-bond acceptors (Lipinski definition) is 4.